The second-order valence-electron chi connectivity index (χ2n) is 3.94. The number of nitrogens with one attached hydrogen (secondary N) is 1. The molecule has 0 bridgehead atoms. The van der Waals surface area contributed by atoms with Gasteiger partial charge in [0.25, 0.3) is 5.91 Å². The van der Waals surface area contributed by atoms with E-state index in [9.17, 15) is 4.79 Å². The molecule has 6 heteroatoms. The van der Waals surface area contributed by atoms with E-state index in [1.165, 1.54) is 7.11 Å². The Kier molecular flexibility index (Phi) is 7.20. The summed E-state index contributed by atoms with van der Waals surface area (Å²) in [6.45, 7) is 1.17. The lowest BCUT2D eigenvalue weighted by atomic mass is 10.2. The number of ether oxygens (including phenoxy) is 2. The summed E-state index contributed by atoms with van der Waals surface area (Å²) < 4.78 is 10.1. The Morgan fingerprint density at radius 1 is 1.47 bits per heavy atom. The molecule has 0 saturated heterocycles. The molecule has 0 aliphatic rings. The third-order valence-corrected chi connectivity index (χ3v) is 3.46. The van der Waals surface area contributed by atoms with E-state index in [0.29, 0.717) is 29.5 Å². The van der Waals surface area contributed by atoms with Crippen LogP contribution in [0, 0.1) is 0 Å². The summed E-state index contributed by atoms with van der Waals surface area (Å²) in [6, 6.07) is 4.93. The van der Waals surface area contributed by atoms with Crippen molar-refractivity contribution in [2.45, 2.75) is 11.2 Å². The third-order valence-electron chi connectivity index (χ3n) is 2.50. The van der Waals surface area contributed by atoms with E-state index in [2.05, 4.69) is 21.2 Å². The molecule has 106 valence electrons. The number of methoxy groups -OCH3 is 2. The van der Waals surface area contributed by atoms with Crippen LogP contribution < -0.4 is 10.1 Å². The van der Waals surface area contributed by atoms with Crippen molar-refractivity contribution in [3.63, 3.8) is 0 Å². The SMILES string of the molecule is COCC(Br)CCNC(=O)c1ccc(Cl)cc1OC. The topological polar surface area (TPSA) is 47.6 Å². The number of amides is 1. The van der Waals surface area contributed by atoms with E-state index in [-0.39, 0.29) is 10.7 Å². The van der Waals surface area contributed by atoms with Crippen LogP contribution in [0.15, 0.2) is 18.2 Å². The van der Waals surface area contributed by atoms with E-state index in [0.717, 1.165) is 6.42 Å². The lowest BCUT2D eigenvalue weighted by Gasteiger charge is -2.11. The molecule has 19 heavy (non-hydrogen) atoms. The van der Waals surface area contributed by atoms with Gasteiger partial charge >= 0.3 is 0 Å². The molecule has 1 aromatic carbocycles. The number of rotatable bonds is 7. The molecule has 0 aromatic heterocycles. The normalized spacial score (nSPS) is 12.0. The first kappa shape index (κ1) is 16.3. The van der Waals surface area contributed by atoms with Gasteiger partial charge in [-0.2, -0.15) is 0 Å². The minimum Gasteiger partial charge on any atom is -0.496 e. The largest absolute Gasteiger partial charge is 0.496 e. The fourth-order valence-corrected chi connectivity index (χ4v) is 2.21. The van der Waals surface area contributed by atoms with Crippen LogP contribution in [0.25, 0.3) is 0 Å². The molecule has 0 heterocycles. The minimum atomic E-state index is -0.175. The zero-order chi connectivity index (χ0) is 14.3. The molecule has 0 fully saturated rings. The van der Waals surface area contributed by atoms with Gasteiger partial charge < -0.3 is 14.8 Å². The molecule has 1 amide bonds. The Bertz CT molecular complexity index is 428. The Morgan fingerprint density at radius 2 is 2.21 bits per heavy atom. The van der Waals surface area contributed by atoms with Crippen LogP contribution in [0.2, 0.25) is 5.02 Å². The van der Waals surface area contributed by atoms with Gasteiger partial charge in [-0.25, -0.2) is 0 Å². The van der Waals surface area contributed by atoms with Crippen molar-refractivity contribution in [3.05, 3.63) is 28.8 Å². The van der Waals surface area contributed by atoms with Gasteiger partial charge in [-0.15, -0.1) is 0 Å². The molecule has 1 atom stereocenters. The Morgan fingerprint density at radius 3 is 2.84 bits per heavy atom. The summed E-state index contributed by atoms with van der Waals surface area (Å²) in [7, 11) is 3.15. The number of halogens is 2. The molecule has 1 unspecified atom stereocenters. The highest BCUT2D eigenvalue weighted by atomic mass is 79.9. The molecular weight excluding hydrogens is 334 g/mol. The zero-order valence-corrected chi connectivity index (χ0v) is 13.3. The highest BCUT2D eigenvalue weighted by molar-refractivity contribution is 9.09. The van der Waals surface area contributed by atoms with Gasteiger partial charge in [-0.3, -0.25) is 4.79 Å². The molecular formula is C13H17BrClNO3. The van der Waals surface area contributed by atoms with Crippen LogP contribution in [0.4, 0.5) is 0 Å². The Labute approximate surface area is 126 Å². The monoisotopic (exact) mass is 349 g/mol. The van der Waals surface area contributed by atoms with Gasteiger partial charge in [0.05, 0.1) is 19.3 Å². The first-order valence-corrected chi connectivity index (χ1v) is 7.12. The van der Waals surface area contributed by atoms with Crippen molar-refractivity contribution in [1.29, 1.82) is 0 Å². The second kappa shape index (κ2) is 8.40. The first-order valence-electron chi connectivity index (χ1n) is 5.83. The van der Waals surface area contributed by atoms with Crippen molar-refractivity contribution in [3.8, 4) is 5.75 Å². The molecule has 0 spiro atoms. The number of hydrogen-bond donors (Lipinski definition) is 1. The smallest absolute Gasteiger partial charge is 0.255 e. The standard InChI is InChI=1S/C13H17BrClNO3/c1-18-8-9(14)5-6-16-13(17)11-4-3-10(15)7-12(11)19-2/h3-4,7,9H,5-6,8H2,1-2H3,(H,16,17). The fourth-order valence-electron chi connectivity index (χ4n) is 1.55. The fraction of sp³-hybridized carbons (Fsp3) is 0.462. The van der Waals surface area contributed by atoms with E-state index in [1.807, 2.05) is 0 Å². The maximum Gasteiger partial charge on any atom is 0.255 e. The quantitative estimate of drug-likeness (QED) is 0.769. The highest BCUT2D eigenvalue weighted by Crippen LogP contribution is 2.22. The summed E-state index contributed by atoms with van der Waals surface area (Å²) >= 11 is 9.31. The van der Waals surface area contributed by atoms with Crippen LogP contribution >= 0.6 is 27.5 Å². The Hall–Kier alpha value is -0.780. The molecule has 0 aliphatic heterocycles. The van der Waals surface area contributed by atoms with Crippen LogP contribution in [0.1, 0.15) is 16.8 Å². The molecule has 0 aliphatic carbocycles. The van der Waals surface area contributed by atoms with Crippen LogP contribution in [0.3, 0.4) is 0 Å². The van der Waals surface area contributed by atoms with E-state index >= 15 is 0 Å². The number of benzene rings is 1. The van der Waals surface area contributed by atoms with E-state index in [4.69, 9.17) is 21.1 Å². The van der Waals surface area contributed by atoms with Gasteiger partial charge in [0.15, 0.2) is 0 Å². The average molecular weight is 351 g/mol. The van der Waals surface area contributed by atoms with Crippen molar-refractivity contribution >= 4 is 33.4 Å². The average Bonchev–Trinajstić information content (AvgIpc) is 2.38. The van der Waals surface area contributed by atoms with Crippen LogP contribution in [-0.4, -0.2) is 38.1 Å². The van der Waals surface area contributed by atoms with E-state index in [1.54, 1.807) is 25.3 Å². The lowest BCUT2D eigenvalue weighted by molar-refractivity contribution is 0.0949. The molecule has 1 rings (SSSR count). The predicted molar refractivity (Wildman–Crippen MR) is 79.5 cm³/mol. The summed E-state index contributed by atoms with van der Waals surface area (Å²) in [5.41, 5.74) is 0.477. The number of hydrogen-bond acceptors (Lipinski definition) is 3. The van der Waals surface area contributed by atoms with Gasteiger partial charge in [0.2, 0.25) is 0 Å². The number of carbonyl (C=O) groups is 1. The van der Waals surface area contributed by atoms with Gasteiger partial charge in [-0.1, -0.05) is 27.5 Å². The Balaban J connectivity index is 2.54. The molecule has 0 radical (unpaired) electrons. The van der Waals surface area contributed by atoms with Crippen molar-refractivity contribution in [1.82, 2.24) is 5.32 Å². The minimum absolute atomic E-state index is 0.175. The summed E-state index contributed by atoms with van der Waals surface area (Å²) in [6.07, 6.45) is 0.787. The predicted octanol–water partition coefficient (Wildman–Crippen LogP) is 2.88. The van der Waals surface area contributed by atoms with Gasteiger partial charge in [0, 0.05) is 23.5 Å². The van der Waals surface area contributed by atoms with Crippen molar-refractivity contribution < 1.29 is 14.3 Å². The molecule has 0 saturated carbocycles. The molecule has 1 N–H and O–H groups in total. The highest BCUT2D eigenvalue weighted by Gasteiger charge is 2.12. The molecule has 1 aromatic rings. The second-order valence-corrected chi connectivity index (χ2v) is 5.67. The third kappa shape index (κ3) is 5.38. The van der Waals surface area contributed by atoms with Crippen LogP contribution in [0.5, 0.6) is 5.75 Å². The summed E-state index contributed by atoms with van der Waals surface area (Å²) in [5, 5.41) is 3.37. The van der Waals surface area contributed by atoms with E-state index < -0.39 is 0 Å². The maximum atomic E-state index is 12.0. The van der Waals surface area contributed by atoms with Crippen LogP contribution in [-0.2, 0) is 4.74 Å². The van der Waals surface area contributed by atoms with Gasteiger partial charge in [-0.05, 0) is 24.6 Å². The summed E-state index contributed by atoms with van der Waals surface area (Å²) in [5.74, 6) is 0.294. The zero-order valence-electron chi connectivity index (χ0n) is 10.9. The molecule has 4 nitrogen and oxygen atoms in total. The van der Waals surface area contributed by atoms with Gasteiger partial charge in [0.1, 0.15) is 5.75 Å². The van der Waals surface area contributed by atoms with Crippen molar-refractivity contribution in [2.24, 2.45) is 0 Å². The maximum absolute atomic E-state index is 12.0. The van der Waals surface area contributed by atoms with Crippen molar-refractivity contribution in [2.75, 3.05) is 27.4 Å². The number of alkyl halides is 1. The lowest BCUT2D eigenvalue weighted by Crippen LogP contribution is -2.27. The summed E-state index contributed by atoms with van der Waals surface area (Å²) in [4.78, 5) is 12.2. The number of carbonyl (C=O) groups excluding carboxylic acids is 1. The first-order chi connectivity index (χ1) is 9.08.